The van der Waals surface area contributed by atoms with Crippen LogP contribution in [0.4, 0.5) is 4.79 Å². The fourth-order valence-corrected chi connectivity index (χ4v) is 0.456. The fourth-order valence-electron chi connectivity index (χ4n) is 0.456. The third kappa shape index (κ3) is 5.33. The first-order chi connectivity index (χ1) is 4.52. The van der Waals surface area contributed by atoms with Crippen LogP contribution in [0, 0.1) is 0 Å². The van der Waals surface area contributed by atoms with Gasteiger partial charge in [-0.05, 0) is 6.92 Å². The largest absolute Gasteiger partial charge is 0.508 e. The van der Waals surface area contributed by atoms with Crippen molar-refractivity contribution < 1.29 is 24.9 Å². The van der Waals surface area contributed by atoms with Crippen molar-refractivity contribution in [1.29, 1.82) is 0 Å². The van der Waals surface area contributed by atoms with Crippen LogP contribution >= 0.6 is 0 Å². The van der Waals surface area contributed by atoms with E-state index in [1.165, 1.54) is 6.92 Å². The van der Waals surface area contributed by atoms with Crippen LogP contribution < -0.4 is 0 Å². The summed E-state index contributed by atoms with van der Waals surface area (Å²) in [5, 5.41) is 25.2. The molecule has 2 unspecified atom stereocenters. The Balaban J connectivity index is 3.43. The van der Waals surface area contributed by atoms with E-state index >= 15 is 0 Å². The zero-order valence-corrected chi connectivity index (χ0v) is 5.52. The fraction of sp³-hybridized carbons (Fsp3) is 0.800. The Morgan fingerprint density at radius 2 is 2.10 bits per heavy atom. The molecule has 0 aliphatic heterocycles. The summed E-state index contributed by atoms with van der Waals surface area (Å²) in [6.07, 6.45) is -3.85. The van der Waals surface area contributed by atoms with Crippen molar-refractivity contribution in [3.8, 4) is 0 Å². The minimum absolute atomic E-state index is 0.105. The van der Waals surface area contributed by atoms with Gasteiger partial charge in [0.25, 0.3) is 0 Å². The lowest BCUT2D eigenvalue weighted by atomic mass is 10.3. The molecule has 0 aromatic carbocycles. The minimum Gasteiger partial charge on any atom is -0.450 e. The average molecular weight is 150 g/mol. The second-order valence-corrected chi connectivity index (χ2v) is 1.92. The predicted octanol–water partition coefficient (Wildman–Crippen LogP) is -0.230. The number of hydrogen-bond donors (Lipinski definition) is 3. The van der Waals surface area contributed by atoms with E-state index in [0.29, 0.717) is 0 Å². The number of hydrogen-bond acceptors (Lipinski definition) is 4. The van der Waals surface area contributed by atoms with Gasteiger partial charge in [0.2, 0.25) is 6.29 Å². The summed E-state index contributed by atoms with van der Waals surface area (Å²) in [5.41, 5.74) is 0. The van der Waals surface area contributed by atoms with Gasteiger partial charge in [-0.2, -0.15) is 0 Å². The van der Waals surface area contributed by atoms with Crippen LogP contribution in [0.5, 0.6) is 0 Å². The molecule has 5 nitrogen and oxygen atoms in total. The molecule has 0 amide bonds. The van der Waals surface area contributed by atoms with Gasteiger partial charge < -0.3 is 20.1 Å². The van der Waals surface area contributed by atoms with Crippen molar-refractivity contribution in [2.24, 2.45) is 0 Å². The quantitative estimate of drug-likeness (QED) is 0.382. The molecule has 0 heterocycles. The normalized spacial score (nSPS) is 15.9. The van der Waals surface area contributed by atoms with Crippen LogP contribution in [0.15, 0.2) is 0 Å². The van der Waals surface area contributed by atoms with E-state index in [0.717, 1.165) is 0 Å². The molecular weight excluding hydrogens is 140 g/mol. The topological polar surface area (TPSA) is 87.0 Å². The highest BCUT2D eigenvalue weighted by Gasteiger charge is 2.11. The SMILES string of the molecule is CC(O)CC(O)OC(=O)O. The number of aliphatic hydroxyl groups is 2. The molecule has 60 valence electrons. The number of rotatable bonds is 3. The molecule has 0 aliphatic carbocycles. The maximum atomic E-state index is 9.73. The molecule has 0 saturated carbocycles. The van der Waals surface area contributed by atoms with Gasteiger partial charge in [0.1, 0.15) is 0 Å². The molecule has 0 aromatic heterocycles. The first kappa shape index (κ1) is 9.19. The van der Waals surface area contributed by atoms with Crippen molar-refractivity contribution in [3.05, 3.63) is 0 Å². The highest BCUT2D eigenvalue weighted by atomic mass is 16.7. The highest BCUT2D eigenvalue weighted by molar-refractivity contribution is 5.56. The molecule has 10 heavy (non-hydrogen) atoms. The van der Waals surface area contributed by atoms with E-state index in [2.05, 4.69) is 4.74 Å². The Morgan fingerprint density at radius 3 is 2.40 bits per heavy atom. The van der Waals surface area contributed by atoms with Crippen LogP contribution in [0.1, 0.15) is 13.3 Å². The molecule has 0 rings (SSSR count). The lowest BCUT2D eigenvalue weighted by Gasteiger charge is -2.09. The Labute approximate surface area is 57.9 Å². The maximum absolute atomic E-state index is 9.73. The molecule has 0 bridgehead atoms. The van der Waals surface area contributed by atoms with Gasteiger partial charge in [-0.3, -0.25) is 0 Å². The summed E-state index contributed by atoms with van der Waals surface area (Å²) in [6.45, 7) is 1.43. The van der Waals surface area contributed by atoms with Gasteiger partial charge in [-0.1, -0.05) is 0 Å². The van der Waals surface area contributed by atoms with Gasteiger partial charge in [0.15, 0.2) is 0 Å². The average Bonchev–Trinajstić information content (AvgIpc) is 1.58. The third-order valence-corrected chi connectivity index (χ3v) is 0.780. The Morgan fingerprint density at radius 1 is 1.60 bits per heavy atom. The monoisotopic (exact) mass is 150 g/mol. The standard InChI is InChI=1S/C5H10O5/c1-3(6)2-4(7)10-5(8)9/h3-4,6-7H,2H2,1H3,(H,8,9). The van der Waals surface area contributed by atoms with Gasteiger partial charge in [-0.25, -0.2) is 4.79 Å². The summed E-state index contributed by atoms with van der Waals surface area (Å²) in [4.78, 5) is 9.73. The van der Waals surface area contributed by atoms with Crippen LogP contribution in [0.25, 0.3) is 0 Å². The number of aliphatic hydroxyl groups excluding tert-OH is 2. The van der Waals surface area contributed by atoms with Crippen LogP contribution in [0.2, 0.25) is 0 Å². The summed E-state index contributed by atoms with van der Waals surface area (Å²) in [6, 6.07) is 0. The Kier molecular flexibility index (Phi) is 3.75. The molecule has 0 fully saturated rings. The molecule has 0 spiro atoms. The van der Waals surface area contributed by atoms with Crippen molar-refractivity contribution >= 4 is 6.16 Å². The predicted molar refractivity (Wildman–Crippen MR) is 31.4 cm³/mol. The first-order valence-electron chi connectivity index (χ1n) is 2.78. The van der Waals surface area contributed by atoms with Crippen LogP contribution in [-0.4, -0.2) is 33.9 Å². The number of ether oxygens (including phenoxy) is 1. The third-order valence-electron chi connectivity index (χ3n) is 0.780. The molecule has 0 aromatic rings. The smallest absolute Gasteiger partial charge is 0.450 e. The Hall–Kier alpha value is -0.810. The van der Waals surface area contributed by atoms with Gasteiger partial charge >= 0.3 is 6.16 Å². The molecule has 3 N–H and O–H groups in total. The Bertz CT molecular complexity index is 111. The summed E-state index contributed by atoms with van der Waals surface area (Å²) in [7, 11) is 0. The number of carboxylic acid groups (broad SMARTS) is 1. The van der Waals surface area contributed by atoms with E-state index in [1.54, 1.807) is 0 Å². The van der Waals surface area contributed by atoms with Gasteiger partial charge in [0.05, 0.1) is 6.10 Å². The van der Waals surface area contributed by atoms with Gasteiger partial charge in [0, 0.05) is 6.42 Å². The van der Waals surface area contributed by atoms with Crippen LogP contribution in [0.3, 0.4) is 0 Å². The van der Waals surface area contributed by atoms with Crippen molar-refractivity contribution in [2.75, 3.05) is 0 Å². The summed E-state index contributed by atoms with van der Waals surface area (Å²) >= 11 is 0. The van der Waals surface area contributed by atoms with E-state index < -0.39 is 18.5 Å². The zero-order valence-electron chi connectivity index (χ0n) is 5.52. The summed E-state index contributed by atoms with van der Waals surface area (Å²) < 4.78 is 3.87. The molecule has 0 saturated heterocycles. The molecule has 0 aliphatic rings. The molecule has 5 heteroatoms. The lowest BCUT2D eigenvalue weighted by Crippen LogP contribution is -2.20. The lowest BCUT2D eigenvalue weighted by molar-refractivity contribution is -0.0898. The second-order valence-electron chi connectivity index (χ2n) is 1.92. The minimum atomic E-state index is -1.55. The van der Waals surface area contributed by atoms with E-state index in [4.69, 9.17) is 15.3 Å². The van der Waals surface area contributed by atoms with Crippen molar-refractivity contribution in [1.82, 2.24) is 0 Å². The van der Waals surface area contributed by atoms with E-state index in [1.807, 2.05) is 0 Å². The maximum Gasteiger partial charge on any atom is 0.508 e. The van der Waals surface area contributed by atoms with E-state index in [9.17, 15) is 4.79 Å². The second kappa shape index (κ2) is 4.08. The molecule has 2 atom stereocenters. The first-order valence-corrected chi connectivity index (χ1v) is 2.78. The van der Waals surface area contributed by atoms with Crippen LogP contribution in [-0.2, 0) is 4.74 Å². The van der Waals surface area contributed by atoms with Gasteiger partial charge in [-0.15, -0.1) is 0 Å². The summed E-state index contributed by atoms with van der Waals surface area (Å²) in [5.74, 6) is 0. The molecular formula is C5H10O5. The van der Waals surface area contributed by atoms with E-state index in [-0.39, 0.29) is 6.42 Å². The van der Waals surface area contributed by atoms with Crippen molar-refractivity contribution in [3.63, 3.8) is 0 Å². The number of carbonyl (C=O) groups is 1. The molecule has 0 radical (unpaired) electrons. The van der Waals surface area contributed by atoms with Crippen molar-refractivity contribution in [2.45, 2.75) is 25.7 Å². The highest BCUT2D eigenvalue weighted by Crippen LogP contribution is 1.98. The zero-order chi connectivity index (χ0) is 8.15.